The first kappa shape index (κ1) is 27.9. The van der Waals surface area contributed by atoms with Crippen LogP contribution in [0, 0.1) is 0 Å². The van der Waals surface area contributed by atoms with Gasteiger partial charge in [-0.3, -0.25) is 10.3 Å². The number of rotatable bonds is 11. The summed E-state index contributed by atoms with van der Waals surface area (Å²) in [5.74, 6) is 0.708. The van der Waals surface area contributed by atoms with Gasteiger partial charge in [0.15, 0.2) is 5.82 Å². The molecule has 0 aliphatic carbocycles. The van der Waals surface area contributed by atoms with Crippen LogP contribution in [0.5, 0.6) is 0 Å². The number of carbonyl (C=O) groups is 1. The molecular formula is C33H30N8OS. The molecule has 214 valence electrons. The summed E-state index contributed by atoms with van der Waals surface area (Å²) >= 11 is 1.17. The Morgan fingerprint density at radius 1 is 0.837 bits per heavy atom. The molecule has 0 radical (unpaired) electrons. The molecule has 43 heavy (non-hydrogen) atoms. The van der Waals surface area contributed by atoms with Gasteiger partial charge in [0.25, 0.3) is 0 Å². The van der Waals surface area contributed by atoms with E-state index in [1.165, 1.54) is 22.7 Å². The molecule has 10 heteroatoms. The van der Waals surface area contributed by atoms with Crippen LogP contribution in [-0.4, -0.2) is 53.4 Å². The first-order valence-corrected chi connectivity index (χ1v) is 14.9. The van der Waals surface area contributed by atoms with E-state index < -0.39 is 0 Å². The summed E-state index contributed by atoms with van der Waals surface area (Å²) in [6.07, 6.45) is 6.61. The van der Waals surface area contributed by atoms with E-state index in [0.717, 1.165) is 23.4 Å². The molecule has 0 aliphatic rings. The minimum absolute atomic E-state index is 0.154. The molecule has 0 aliphatic heterocycles. The molecule has 6 rings (SSSR count). The smallest absolute Gasteiger partial charge is 0.323 e. The van der Waals surface area contributed by atoms with Gasteiger partial charge in [0.05, 0.1) is 18.1 Å². The second-order valence-electron chi connectivity index (χ2n) is 9.97. The van der Waals surface area contributed by atoms with Gasteiger partial charge in [-0.2, -0.15) is 9.36 Å². The van der Waals surface area contributed by atoms with Crippen molar-refractivity contribution < 1.29 is 4.79 Å². The average Bonchev–Trinajstić information content (AvgIpc) is 3.77. The molecule has 0 saturated carbocycles. The third-order valence-electron chi connectivity index (χ3n) is 7.20. The van der Waals surface area contributed by atoms with Crippen LogP contribution in [0.2, 0.25) is 0 Å². The highest BCUT2D eigenvalue weighted by molar-refractivity contribution is 7.10. The van der Waals surface area contributed by atoms with Crippen molar-refractivity contribution in [2.75, 3.05) is 18.4 Å². The molecule has 6 aromatic rings. The maximum absolute atomic E-state index is 13.7. The normalized spacial score (nSPS) is 11.0. The van der Waals surface area contributed by atoms with Crippen LogP contribution in [0.3, 0.4) is 0 Å². The van der Waals surface area contributed by atoms with Gasteiger partial charge < -0.3 is 4.90 Å². The Hall–Kier alpha value is -5.22. The number of hydrogen-bond acceptors (Lipinski definition) is 7. The van der Waals surface area contributed by atoms with Crippen LogP contribution in [0.1, 0.15) is 29.2 Å². The largest absolute Gasteiger partial charge is 0.324 e. The van der Waals surface area contributed by atoms with Crippen molar-refractivity contribution in [2.45, 2.75) is 18.8 Å². The van der Waals surface area contributed by atoms with Gasteiger partial charge in [-0.25, -0.2) is 9.48 Å². The van der Waals surface area contributed by atoms with Crippen molar-refractivity contribution in [3.63, 3.8) is 0 Å². The Kier molecular flexibility index (Phi) is 8.85. The van der Waals surface area contributed by atoms with Gasteiger partial charge in [0.1, 0.15) is 0 Å². The number of aromatic nitrogens is 6. The van der Waals surface area contributed by atoms with Crippen molar-refractivity contribution in [1.82, 2.24) is 34.2 Å². The quantitative estimate of drug-likeness (QED) is 0.186. The number of amides is 2. The zero-order chi connectivity index (χ0) is 29.3. The third kappa shape index (κ3) is 7.17. The summed E-state index contributed by atoms with van der Waals surface area (Å²) in [5, 5.41) is 11.3. The standard InChI is InChI=1S/C33H30N8OS/c42-33(37-32-36-31(38-43-32)27-14-16-29(17-15-27)41-24-21-35-39-41)40(22-18-28-13-7-8-20-34-28)23-19-30(25-9-3-1-4-10-25)26-11-5-2-6-12-26/h1-17,20-21,24,30H,18-19,22-23H2,(H,36,37,38,42). The van der Waals surface area contributed by atoms with Crippen molar-refractivity contribution in [3.05, 3.63) is 139 Å². The molecule has 0 bridgehead atoms. The lowest BCUT2D eigenvalue weighted by Gasteiger charge is -2.26. The van der Waals surface area contributed by atoms with Crippen LogP contribution >= 0.6 is 11.5 Å². The number of anilines is 1. The zero-order valence-electron chi connectivity index (χ0n) is 23.4. The van der Waals surface area contributed by atoms with Crippen molar-refractivity contribution >= 4 is 22.7 Å². The van der Waals surface area contributed by atoms with E-state index in [-0.39, 0.29) is 11.9 Å². The second-order valence-corrected chi connectivity index (χ2v) is 10.7. The fourth-order valence-corrected chi connectivity index (χ4v) is 5.54. The number of pyridine rings is 1. The first-order chi connectivity index (χ1) is 21.2. The fourth-order valence-electron chi connectivity index (χ4n) is 4.96. The molecular weight excluding hydrogens is 556 g/mol. The summed E-state index contributed by atoms with van der Waals surface area (Å²) in [6, 6.07) is 34.3. The van der Waals surface area contributed by atoms with E-state index in [1.807, 2.05) is 59.5 Å². The highest BCUT2D eigenvalue weighted by atomic mass is 32.1. The molecule has 0 spiro atoms. The first-order valence-electron chi connectivity index (χ1n) is 14.1. The van der Waals surface area contributed by atoms with E-state index in [9.17, 15) is 4.79 Å². The number of nitrogens with one attached hydrogen (secondary N) is 1. The van der Waals surface area contributed by atoms with Crippen LogP contribution in [0.15, 0.2) is 122 Å². The number of carbonyl (C=O) groups excluding carboxylic acids is 1. The Morgan fingerprint density at radius 3 is 2.21 bits per heavy atom. The summed E-state index contributed by atoms with van der Waals surface area (Å²) in [7, 11) is 0. The lowest BCUT2D eigenvalue weighted by Crippen LogP contribution is -2.38. The minimum atomic E-state index is -0.208. The molecule has 0 saturated heterocycles. The molecule has 2 amide bonds. The van der Waals surface area contributed by atoms with E-state index in [2.05, 4.69) is 78.5 Å². The second kappa shape index (κ2) is 13.6. The van der Waals surface area contributed by atoms with Gasteiger partial charge in [0, 0.05) is 54.4 Å². The lowest BCUT2D eigenvalue weighted by atomic mass is 9.88. The highest BCUT2D eigenvalue weighted by Crippen LogP contribution is 2.28. The average molecular weight is 587 g/mol. The fraction of sp³-hybridized carbons (Fsp3) is 0.152. The van der Waals surface area contributed by atoms with Gasteiger partial charge >= 0.3 is 6.03 Å². The van der Waals surface area contributed by atoms with E-state index >= 15 is 0 Å². The molecule has 1 N–H and O–H groups in total. The molecule has 3 heterocycles. The molecule has 3 aromatic heterocycles. The number of urea groups is 1. The van der Waals surface area contributed by atoms with E-state index in [0.29, 0.717) is 30.5 Å². The number of nitrogens with zero attached hydrogens (tertiary/aromatic N) is 7. The lowest BCUT2D eigenvalue weighted by molar-refractivity contribution is 0.210. The Labute approximate surface area is 254 Å². The van der Waals surface area contributed by atoms with Crippen LogP contribution in [0.25, 0.3) is 17.1 Å². The van der Waals surface area contributed by atoms with Gasteiger partial charge in [-0.15, -0.1) is 5.10 Å². The third-order valence-corrected chi connectivity index (χ3v) is 7.83. The Balaban J connectivity index is 1.17. The monoisotopic (exact) mass is 586 g/mol. The molecule has 0 atom stereocenters. The summed E-state index contributed by atoms with van der Waals surface area (Å²) in [5.41, 5.74) is 5.12. The molecule has 3 aromatic carbocycles. The van der Waals surface area contributed by atoms with Gasteiger partial charge in [-0.05, 0) is 53.9 Å². The SMILES string of the molecule is O=C(Nc1nc(-c2ccc(-n3ccnn3)cc2)ns1)N(CCc1ccccn1)CCC(c1ccccc1)c1ccccc1. The van der Waals surface area contributed by atoms with Crippen LogP contribution in [0.4, 0.5) is 9.93 Å². The maximum Gasteiger partial charge on any atom is 0.323 e. The molecule has 0 unspecified atom stereocenters. The van der Waals surface area contributed by atoms with Crippen LogP contribution < -0.4 is 5.32 Å². The van der Waals surface area contributed by atoms with E-state index in [4.69, 9.17) is 0 Å². The topological polar surface area (TPSA) is 102 Å². The molecule has 9 nitrogen and oxygen atoms in total. The van der Waals surface area contributed by atoms with Crippen LogP contribution in [-0.2, 0) is 6.42 Å². The Bertz CT molecular complexity index is 1670. The highest BCUT2D eigenvalue weighted by Gasteiger charge is 2.20. The van der Waals surface area contributed by atoms with E-state index in [1.54, 1.807) is 23.3 Å². The summed E-state index contributed by atoms with van der Waals surface area (Å²) in [4.78, 5) is 24.6. The maximum atomic E-state index is 13.7. The van der Waals surface area contributed by atoms with Gasteiger partial charge in [-0.1, -0.05) is 71.9 Å². The predicted molar refractivity (Wildman–Crippen MR) is 168 cm³/mol. The van der Waals surface area contributed by atoms with Crippen molar-refractivity contribution in [1.29, 1.82) is 0 Å². The predicted octanol–water partition coefficient (Wildman–Crippen LogP) is 6.48. The number of hydrogen-bond donors (Lipinski definition) is 1. The Morgan fingerprint density at radius 2 is 1.56 bits per heavy atom. The number of benzene rings is 3. The minimum Gasteiger partial charge on any atom is -0.324 e. The zero-order valence-corrected chi connectivity index (χ0v) is 24.2. The van der Waals surface area contributed by atoms with Crippen molar-refractivity contribution in [2.24, 2.45) is 0 Å². The van der Waals surface area contributed by atoms with Crippen molar-refractivity contribution in [3.8, 4) is 17.1 Å². The summed E-state index contributed by atoms with van der Waals surface area (Å²) < 4.78 is 6.18. The summed E-state index contributed by atoms with van der Waals surface area (Å²) in [6.45, 7) is 1.08. The molecule has 0 fully saturated rings. The van der Waals surface area contributed by atoms with Gasteiger partial charge in [0.2, 0.25) is 5.13 Å².